The predicted molar refractivity (Wildman–Crippen MR) is 130 cm³/mol. The van der Waals surface area contributed by atoms with E-state index in [1.54, 1.807) is 4.90 Å². The minimum Gasteiger partial charge on any atom is -0.444 e. The summed E-state index contributed by atoms with van der Waals surface area (Å²) in [6.07, 6.45) is 1.32. The molecule has 1 aliphatic heterocycles. The maximum Gasteiger partial charge on any atom is 0.410 e. The number of aryl methyl sites for hydroxylation is 1. The first-order chi connectivity index (χ1) is 14.5. The molecule has 0 aromatic heterocycles. The smallest absolute Gasteiger partial charge is 0.410 e. The summed E-state index contributed by atoms with van der Waals surface area (Å²) < 4.78 is 33.8. The Hall–Kier alpha value is -1.61. The van der Waals surface area contributed by atoms with E-state index in [1.807, 2.05) is 63.2 Å². The molecule has 4 rings (SSSR count). The summed E-state index contributed by atoms with van der Waals surface area (Å²) >= 11 is 2.27. The Labute approximate surface area is 198 Å². The SMILES string of the molecule is CC(C)(C)OC(=O)N1CCC2(S(=O)(=O)Cc3ccccc3)c3ccc(I)cc3CCC12. The average Bonchev–Trinajstić information content (AvgIpc) is 3.08. The van der Waals surface area contributed by atoms with E-state index < -0.39 is 32.3 Å². The molecular formula is C24H28INO4S. The van der Waals surface area contributed by atoms with Gasteiger partial charge in [-0.15, -0.1) is 0 Å². The fourth-order valence-electron chi connectivity index (χ4n) is 5.03. The Balaban J connectivity index is 1.81. The van der Waals surface area contributed by atoms with Gasteiger partial charge in [-0.25, -0.2) is 13.2 Å². The van der Waals surface area contributed by atoms with Crippen LogP contribution in [0.25, 0.3) is 0 Å². The Morgan fingerprint density at radius 1 is 1.19 bits per heavy atom. The number of carbonyl (C=O) groups is 1. The summed E-state index contributed by atoms with van der Waals surface area (Å²) in [5, 5.41) is 0. The Morgan fingerprint density at radius 3 is 2.58 bits per heavy atom. The van der Waals surface area contributed by atoms with Crippen LogP contribution in [0.3, 0.4) is 0 Å². The molecule has 1 saturated heterocycles. The Kier molecular flexibility index (Phi) is 5.87. The van der Waals surface area contributed by atoms with Crippen LogP contribution in [-0.2, 0) is 31.5 Å². The van der Waals surface area contributed by atoms with Gasteiger partial charge in [-0.05, 0) is 91.4 Å². The molecule has 166 valence electrons. The van der Waals surface area contributed by atoms with Crippen LogP contribution in [0.5, 0.6) is 0 Å². The minimum absolute atomic E-state index is 0.0437. The van der Waals surface area contributed by atoms with Gasteiger partial charge in [-0.3, -0.25) is 0 Å². The van der Waals surface area contributed by atoms with Crippen LogP contribution in [0.15, 0.2) is 48.5 Å². The standard InChI is InChI=1S/C24H28INO4S/c1-23(2,3)30-22(27)26-14-13-24(31(28,29)16-17-7-5-4-6-8-17)20-11-10-19(25)15-18(20)9-12-21(24)26/h4-8,10-11,15,21H,9,12-14,16H2,1-3H3. The van der Waals surface area contributed by atoms with E-state index in [-0.39, 0.29) is 5.75 Å². The molecular weight excluding hydrogens is 525 g/mol. The number of carbonyl (C=O) groups excluding carboxylic acids is 1. The number of fused-ring (bicyclic) bond motifs is 3. The molecule has 0 radical (unpaired) electrons. The van der Waals surface area contributed by atoms with Crippen molar-refractivity contribution in [3.05, 3.63) is 68.8 Å². The molecule has 1 aliphatic carbocycles. The second-order valence-corrected chi connectivity index (χ2v) is 12.9. The molecule has 0 saturated carbocycles. The summed E-state index contributed by atoms with van der Waals surface area (Å²) in [5.41, 5.74) is 2.06. The van der Waals surface area contributed by atoms with Crippen molar-refractivity contribution in [2.75, 3.05) is 6.54 Å². The first-order valence-electron chi connectivity index (χ1n) is 10.6. The molecule has 2 aliphatic rings. The van der Waals surface area contributed by atoms with Gasteiger partial charge in [-0.2, -0.15) is 0 Å². The number of amides is 1. The second-order valence-electron chi connectivity index (χ2n) is 9.41. The largest absolute Gasteiger partial charge is 0.444 e. The van der Waals surface area contributed by atoms with Gasteiger partial charge < -0.3 is 9.64 Å². The highest BCUT2D eigenvalue weighted by Crippen LogP contribution is 2.52. The summed E-state index contributed by atoms with van der Waals surface area (Å²) in [6.45, 7) is 5.87. The third-order valence-electron chi connectivity index (χ3n) is 6.23. The van der Waals surface area contributed by atoms with Gasteiger partial charge in [0.05, 0.1) is 11.8 Å². The van der Waals surface area contributed by atoms with Crippen LogP contribution >= 0.6 is 22.6 Å². The normalized spacial score (nSPS) is 23.2. The number of likely N-dealkylation sites (tertiary alicyclic amines) is 1. The lowest BCUT2D eigenvalue weighted by molar-refractivity contribution is 0.0202. The first kappa shape index (κ1) is 22.6. The zero-order chi connectivity index (χ0) is 22.4. The fraction of sp³-hybridized carbons (Fsp3) is 0.458. The van der Waals surface area contributed by atoms with E-state index in [9.17, 15) is 13.2 Å². The molecule has 5 nitrogen and oxygen atoms in total. The highest BCUT2D eigenvalue weighted by atomic mass is 127. The number of ether oxygens (including phenoxy) is 1. The highest BCUT2D eigenvalue weighted by molar-refractivity contribution is 14.1. The monoisotopic (exact) mass is 553 g/mol. The van der Waals surface area contributed by atoms with Crippen LogP contribution in [0.2, 0.25) is 0 Å². The first-order valence-corrected chi connectivity index (χ1v) is 13.3. The van der Waals surface area contributed by atoms with Crippen molar-refractivity contribution in [2.45, 2.75) is 62.2 Å². The predicted octanol–water partition coefficient (Wildman–Crippen LogP) is 5.06. The van der Waals surface area contributed by atoms with Crippen LogP contribution in [0, 0.1) is 3.57 Å². The minimum atomic E-state index is -3.62. The molecule has 2 aromatic carbocycles. The van der Waals surface area contributed by atoms with Gasteiger partial charge >= 0.3 is 6.09 Å². The quantitative estimate of drug-likeness (QED) is 0.499. The Morgan fingerprint density at radius 2 is 1.90 bits per heavy atom. The maximum absolute atomic E-state index is 14.1. The average molecular weight is 553 g/mol. The summed E-state index contributed by atoms with van der Waals surface area (Å²) in [7, 11) is -3.62. The van der Waals surface area contributed by atoms with Crippen molar-refractivity contribution in [1.29, 1.82) is 0 Å². The molecule has 2 atom stereocenters. The van der Waals surface area contributed by atoms with Gasteiger partial charge in [-0.1, -0.05) is 36.4 Å². The van der Waals surface area contributed by atoms with Crippen molar-refractivity contribution in [3.8, 4) is 0 Å². The lowest BCUT2D eigenvalue weighted by Gasteiger charge is -2.42. The van der Waals surface area contributed by atoms with Crippen molar-refractivity contribution in [3.63, 3.8) is 0 Å². The van der Waals surface area contributed by atoms with Crippen molar-refractivity contribution >= 4 is 38.5 Å². The number of hydrogen-bond donors (Lipinski definition) is 0. The van der Waals surface area contributed by atoms with E-state index in [4.69, 9.17) is 4.74 Å². The van der Waals surface area contributed by atoms with E-state index >= 15 is 0 Å². The summed E-state index contributed by atoms with van der Waals surface area (Å²) in [6, 6.07) is 14.9. The maximum atomic E-state index is 14.1. The molecule has 0 bridgehead atoms. The third kappa shape index (κ3) is 4.11. The van der Waals surface area contributed by atoms with Crippen molar-refractivity contribution in [1.82, 2.24) is 4.90 Å². The van der Waals surface area contributed by atoms with E-state index in [0.29, 0.717) is 19.4 Å². The molecule has 0 N–H and O–H groups in total. The third-order valence-corrected chi connectivity index (χ3v) is 9.42. The summed E-state index contributed by atoms with van der Waals surface area (Å²) in [5.74, 6) is -0.0437. The van der Waals surface area contributed by atoms with E-state index in [1.165, 1.54) is 0 Å². The molecule has 2 unspecified atom stereocenters. The van der Waals surface area contributed by atoms with Gasteiger partial charge in [0, 0.05) is 10.1 Å². The number of rotatable bonds is 3. The molecule has 7 heteroatoms. The van der Waals surface area contributed by atoms with Crippen LogP contribution < -0.4 is 0 Å². The molecule has 31 heavy (non-hydrogen) atoms. The number of hydrogen-bond acceptors (Lipinski definition) is 4. The number of halogens is 1. The second kappa shape index (κ2) is 8.06. The van der Waals surface area contributed by atoms with Crippen LogP contribution in [0.4, 0.5) is 4.79 Å². The molecule has 1 amide bonds. The summed E-state index contributed by atoms with van der Waals surface area (Å²) in [4.78, 5) is 14.7. The van der Waals surface area contributed by atoms with E-state index in [2.05, 4.69) is 28.7 Å². The number of benzene rings is 2. The van der Waals surface area contributed by atoms with Gasteiger partial charge in [0.25, 0.3) is 0 Å². The Bertz CT molecular complexity index is 1090. The molecule has 0 spiro atoms. The lowest BCUT2D eigenvalue weighted by Crippen LogP contribution is -2.53. The number of sulfone groups is 1. The number of nitrogens with zero attached hydrogens (tertiary/aromatic N) is 1. The van der Waals surface area contributed by atoms with Gasteiger partial charge in [0.15, 0.2) is 9.84 Å². The van der Waals surface area contributed by atoms with Crippen LogP contribution in [0.1, 0.15) is 50.3 Å². The van der Waals surface area contributed by atoms with Gasteiger partial charge in [0.1, 0.15) is 10.3 Å². The van der Waals surface area contributed by atoms with Crippen molar-refractivity contribution in [2.24, 2.45) is 0 Å². The zero-order valence-corrected chi connectivity index (χ0v) is 21.1. The van der Waals surface area contributed by atoms with Crippen molar-refractivity contribution < 1.29 is 17.9 Å². The molecule has 1 fully saturated rings. The van der Waals surface area contributed by atoms with Gasteiger partial charge in [0.2, 0.25) is 0 Å². The molecule has 2 aromatic rings. The zero-order valence-electron chi connectivity index (χ0n) is 18.1. The lowest BCUT2D eigenvalue weighted by atomic mass is 9.78. The molecule has 1 heterocycles. The highest BCUT2D eigenvalue weighted by Gasteiger charge is 2.60. The van der Waals surface area contributed by atoms with E-state index in [0.717, 1.165) is 26.7 Å². The van der Waals surface area contributed by atoms with Crippen LogP contribution in [-0.4, -0.2) is 37.6 Å². The fourth-order valence-corrected chi connectivity index (χ4v) is 8.07. The topological polar surface area (TPSA) is 63.7 Å².